The molecule has 2 heterocycles. The first-order valence-electron chi connectivity index (χ1n) is 9.11. The molecule has 0 bridgehead atoms. The first kappa shape index (κ1) is 17.0. The van der Waals surface area contributed by atoms with Gasteiger partial charge < -0.3 is 4.57 Å². The number of hydrogen-bond donors (Lipinski definition) is 0. The third-order valence-corrected chi connectivity index (χ3v) is 5.94. The van der Waals surface area contributed by atoms with Gasteiger partial charge in [0.2, 0.25) is 5.43 Å². The fraction of sp³-hybridized carbons (Fsp3) is 0.0417. The van der Waals surface area contributed by atoms with Gasteiger partial charge >= 0.3 is 0 Å². The van der Waals surface area contributed by atoms with Crippen LogP contribution in [-0.4, -0.2) is 9.13 Å². The van der Waals surface area contributed by atoms with E-state index in [1.807, 2.05) is 73.8 Å². The second kappa shape index (κ2) is 6.50. The van der Waals surface area contributed by atoms with Gasteiger partial charge in [0.15, 0.2) is 0 Å². The SMILES string of the molecule is Cn1c2ccccc2c2c(=O)c(Br)c(-c3ccccc3)n(-c3ccccc3)c21. The first-order valence-corrected chi connectivity index (χ1v) is 9.90. The minimum Gasteiger partial charge on any atom is -0.329 e. The average Bonchev–Trinajstić information content (AvgIpc) is 3.04. The van der Waals surface area contributed by atoms with E-state index in [0.717, 1.165) is 38.9 Å². The lowest BCUT2D eigenvalue weighted by atomic mass is 10.1. The largest absolute Gasteiger partial charge is 0.329 e. The molecule has 0 atom stereocenters. The van der Waals surface area contributed by atoms with Gasteiger partial charge in [-0.15, -0.1) is 0 Å². The van der Waals surface area contributed by atoms with Crippen molar-refractivity contribution < 1.29 is 0 Å². The van der Waals surface area contributed by atoms with Gasteiger partial charge in [-0.1, -0.05) is 66.7 Å². The number of para-hydroxylation sites is 2. The highest BCUT2D eigenvalue weighted by atomic mass is 79.9. The summed E-state index contributed by atoms with van der Waals surface area (Å²) in [5.41, 5.74) is 4.80. The summed E-state index contributed by atoms with van der Waals surface area (Å²) >= 11 is 3.64. The summed E-state index contributed by atoms with van der Waals surface area (Å²) in [5, 5.41) is 1.70. The van der Waals surface area contributed by atoms with Crippen molar-refractivity contribution in [2.75, 3.05) is 0 Å². The summed E-state index contributed by atoms with van der Waals surface area (Å²) in [5.74, 6) is 0. The van der Waals surface area contributed by atoms with E-state index in [9.17, 15) is 4.79 Å². The minimum atomic E-state index is 0.0119. The summed E-state index contributed by atoms with van der Waals surface area (Å²) < 4.78 is 4.86. The number of hydrogen-bond acceptors (Lipinski definition) is 1. The average molecular weight is 429 g/mol. The number of benzene rings is 3. The molecule has 3 nitrogen and oxygen atoms in total. The molecule has 0 amide bonds. The van der Waals surface area contributed by atoms with Crippen LogP contribution < -0.4 is 5.43 Å². The van der Waals surface area contributed by atoms with E-state index < -0.39 is 0 Å². The molecule has 0 N–H and O–H groups in total. The number of nitrogens with zero attached hydrogens (tertiary/aromatic N) is 2. The van der Waals surface area contributed by atoms with Gasteiger partial charge in [0.05, 0.1) is 21.1 Å². The highest BCUT2D eigenvalue weighted by Crippen LogP contribution is 2.35. The number of aryl methyl sites for hydroxylation is 1. The Bertz CT molecular complexity index is 1380. The molecule has 0 spiro atoms. The van der Waals surface area contributed by atoms with E-state index >= 15 is 0 Å². The van der Waals surface area contributed by atoms with Gasteiger partial charge in [-0.25, -0.2) is 0 Å². The van der Waals surface area contributed by atoms with Crippen LogP contribution >= 0.6 is 15.9 Å². The Morgan fingerprint density at radius 1 is 0.786 bits per heavy atom. The maximum atomic E-state index is 13.5. The van der Waals surface area contributed by atoms with Crippen LogP contribution in [0.15, 0.2) is 94.2 Å². The van der Waals surface area contributed by atoms with Crippen LogP contribution in [0, 0.1) is 0 Å². The molecule has 0 aliphatic heterocycles. The van der Waals surface area contributed by atoms with Gasteiger partial charge in [-0.05, 0) is 39.7 Å². The van der Waals surface area contributed by atoms with Crippen molar-refractivity contribution in [3.8, 4) is 16.9 Å². The molecular weight excluding hydrogens is 412 g/mol. The van der Waals surface area contributed by atoms with E-state index in [1.54, 1.807) is 0 Å². The van der Waals surface area contributed by atoms with Crippen LogP contribution in [0.2, 0.25) is 0 Å². The van der Waals surface area contributed by atoms with E-state index in [4.69, 9.17) is 0 Å². The van der Waals surface area contributed by atoms with Crippen LogP contribution in [-0.2, 0) is 7.05 Å². The second-order valence-electron chi connectivity index (χ2n) is 6.80. The molecule has 0 saturated heterocycles. The molecule has 0 aliphatic carbocycles. The monoisotopic (exact) mass is 428 g/mol. The third kappa shape index (κ3) is 2.38. The smallest absolute Gasteiger partial charge is 0.206 e. The first-order chi connectivity index (χ1) is 13.7. The zero-order valence-corrected chi connectivity index (χ0v) is 16.8. The van der Waals surface area contributed by atoms with Crippen LogP contribution in [0.25, 0.3) is 38.9 Å². The predicted molar refractivity (Wildman–Crippen MR) is 119 cm³/mol. The van der Waals surface area contributed by atoms with Crippen molar-refractivity contribution in [1.82, 2.24) is 9.13 Å². The summed E-state index contributed by atoms with van der Waals surface area (Å²) in [6, 6.07) is 28.3. The summed E-state index contributed by atoms with van der Waals surface area (Å²) in [4.78, 5) is 13.5. The maximum Gasteiger partial charge on any atom is 0.206 e. The van der Waals surface area contributed by atoms with E-state index in [-0.39, 0.29) is 5.43 Å². The quantitative estimate of drug-likeness (QED) is 0.343. The molecule has 5 rings (SSSR count). The Morgan fingerprint density at radius 3 is 2.11 bits per heavy atom. The fourth-order valence-corrected chi connectivity index (χ4v) is 4.57. The maximum absolute atomic E-state index is 13.5. The number of fused-ring (bicyclic) bond motifs is 3. The Hall–Kier alpha value is -3.11. The van der Waals surface area contributed by atoms with Crippen LogP contribution in [0.5, 0.6) is 0 Å². The Morgan fingerprint density at radius 2 is 1.39 bits per heavy atom. The topological polar surface area (TPSA) is 26.9 Å². The molecule has 0 saturated carbocycles. The summed E-state index contributed by atoms with van der Waals surface area (Å²) in [6.45, 7) is 0. The van der Waals surface area contributed by atoms with Crippen molar-refractivity contribution in [2.24, 2.45) is 7.05 Å². The van der Waals surface area contributed by atoms with Gasteiger partial charge in [-0.3, -0.25) is 9.36 Å². The van der Waals surface area contributed by atoms with Crippen molar-refractivity contribution in [3.05, 3.63) is 99.6 Å². The van der Waals surface area contributed by atoms with Gasteiger partial charge in [-0.2, -0.15) is 0 Å². The molecule has 2 aromatic heterocycles. The Kier molecular flexibility index (Phi) is 3.95. The van der Waals surface area contributed by atoms with Crippen LogP contribution in [0.4, 0.5) is 0 Å². The molecule has 3 aromatic carbocycles. The molecule has 5 aromatic rings. The lowest BCUT2D eigenvalue weighted by Crippen LogP contribution is -2.14. The molecule has 0 radical (unpaired) electrons. The minimum absolute atomic E-state index is 0.0119. The molecule has 4 heteroatoms. The van der Waals surface area contributed by atoms with Crippen LogP contribution in [0.3, 0.4) is 0 Å². The highest BCUT2D eigenvalue weighted by Gasteiger charge is 2.22. The fourth-order valence-electron chi connectivity index (χ4n) is 3.97. The molecule has 28 heavy (non-hydrogen) atoms. The number of pyridine rings is 1. The normalized spacial score (nSPS) is 11.4. The van der Waals surface area contributed by atoms with Crippen molar-refractivity contribution >= 4 is 37.9 Å². The Labute approximate surface area is 170 Å². The van der Waals surface area contributed by atoms with Crippen molar-refractivity contribution in [1.29, 1.82) is 0 Å². The summed E-state index contributed by atoms with van der Waals surface area (Å²) in [6.07, 6.45) is 0. The highest BCUT2D eigenvalue weighted by molar-refractivity contribution is 9.10. The summed E-state index contributed by atoms with van der Waals surface area (Å²) in [7, 11) is 2.02. The number of rotatable bonds is 2. The van der Waals surface area contributed by atoms with E-state index in [1.165, 1.54) is 0 Å². The molecular formula is C24H17BrN2O. The zero-order valence-electron chi connectivity index (χ0n) is 15.3. The lowest BCUT2D eigenvalue weighted by molar-refractivity contribution is 0.942. The molecule has 0 fully saturated rings. The van der Waals surface area contributed by atoms with E-state index in [2.05, 4.69) is 43.3 Å². The van der Waals surface area contributed by atoms with Crippen LogP contribution in [0.1, 0.15) is 0 Å². The zero-order chi connectivity index (χ0) is 19.3. The van der Waals surface area contributed by atoms with E-state index in [0.29, 0.717) is 4.47 Å². The standard InChI is InChI=1S/C24H17BrN2O/c1-26-19-15-9-8-14-18(19)20-23(28)21(25)22(16-10-4-2-5-11-16)27(24(20)26)17-12-6-3-7-13-17/h2-15H,1H3. The second-order valence-corrected chi connectivity index (χ2v) is 7.60. The molecule has 0 unspecified atom stereocenters. The Balaban J connectivity index is 2.09. The van der Waals surface area contributed by atoms with Crippen molar-refractivity contribution in [2.45, 2.75) is 0 Å². The lowest BCUT2D eigenvalue weighted by Gasteiger charge is -2.19. The number of aromatic nitrogens is 2. The van der Waals surface area contributed by atoms with Crippen molar-refractivity contribution in [3.63, 3.8) is 0 Å². The molecule has 0 aliphatic rings. The predicted octanol–water partition coefficient (Wildman–Crippen LogP) is 5.91. The third-order valence-electron chi connectivity index (χ3n) is 5.21. The number of halogens is 1. The van der Waals surface area contributed by atoms with Gasteiger partial charge in [0.25, 0.3) is 0 Å². The molecule has 136 valence electrons. The van der Waals surface area contributed by atoms with Gasteiger partial charge in [0.1, 0.15) is 5.65 Å². The van der Waals surface area contributed by atoms with Gasteiger partial charge in [0, 0.05) is 18.1 Å².